The van der Waals surface area contributed by atoms with Gasteiger partial charge in [-0.1, -0.05) is 128 Å². The molecular weight excluding hydrogens is 745 g/mol. The van der Waals surface area contributed by atoms with Crippen LogP contribution in [-0.4, -0.2) is 83.3 Å². The SMILES string of the molecule is C=CCOP(=O)(OCC=C)O[C@H]1[C@H](OCC[C@@H](CCCCCCC)OC)[C@@H](NC(=O)CCCCCCCCCC=CCCCCCC)[C@@H](OC=CC)O[C@@H]1COC. The number of unbranched alkanes of at least 4 members (excludes halogenated alkanes) is 15. The number of phosphoric acid groups is 1. The van der Waals surface area contributed by atoms with Gasteiger partial charge in [-0.3, -0.25) is 18.4 Å². The first kappa shape index (κ1) is 53.2. The van der Waals surface area contributed by atoms with Gasteiger partial charge in [0.25, 0.3) is 0 Å². The number of nitrogens with one attached hydrogen (secondary N) is 1. The molecule has 12 heteroatoms. The Morgan fingerprint density at radius 2 is 1.37 bits per heavy atom. The quantitative estimate of drug-likeness (QED) is 0.0277. The van der Waals surface area contributed by atoms with E-state index in [0.29, 0.717) is 12.8 Å². The predicted molar refractivity (Wildman–Crippen MR) is 231 cm³/mol. The number of methoxy groups -OCH3 is 2. The Hall–Kier alpha value is -1.82. The first-order valence-electron chi connectivity index (χ1n) is 22.1. The lowest BCUT2D eigenvalue weighted by Crippen LogP contribution is -2.66. The van der Waals surface area contributed by atoms with Gasteiger partial charge in [-0.25, -0.2) is 4.57 Å². The Morgan fingerprint density at radius 1 is 0.789 bits per heavy atom. The molecule has 0 aromatic carbocycles. The normalized spacial score (nSPS) is 20.6. The van der Waals surface area contributed by atoms with Gasteiger partial charge in [-0.15, -0.1) is 13.2 Å². The monoisotopic (exact) mass is 828 g/mol. The third-order valence-corrected chi connectivity index (χ3v) is 11.4. The van der Waals surface area contributed by atoms with Crippen LogP contribution in [-0.2, 0) is 46.6 Å². The Bertz CT molecular complexity index is 1090. The summed E-state index contributed by atoms with van der Waals surface area (Å²) in [6.07, 6.45) is 30.1. The van der Waals surface area contributed by atoms with Crippen LogP contribution in [0.5, 0.6) is 0 Å². The van der Waals surface area contributed by atoms with Crippen LogP contribution in [0.4, 0.5) is 0 Å². The summed E-state index contributed by atoms with van der Waals surface area (Å²) in [6.45, 7) is 13.8. The van der Waals surface area contributed by atoms with E-state index in [9.17, 15) is 9.36 Å². The summed E-state index contributed by atoms with van der Waals surface area (Å²) >= 11 is 0. The van der Waals surface area contributed by atoms with Gasteiger partial charge in [0.1, 0.15) is 24.4 Å². The summed E-state index contributed by atoms with van der Waals surface area (Å²) in [5.41, 5.74) is 0. The van der Waals surface area contributed by atoms with Crippen LogP contribution in [0.2, 0.25) is 0 Å². The number of hydrogen-bond donors (Lipinski definition) is 1. The van der Waals surface area contributed by atoms with E-state index < -0.39 is 38.5 Å². The molecule has 1 saturated heterocycles. The Kier molecular flexibility index (Phi) is 33.7. The van der Waals surface area contributed by atoms with E-state index in [1.165, 1.54) is 96.2 Å². The number of rotatable bonds is 39. The molecule has 57 heavy (non-hydrogen) atoms. The van der Waals surface area contributed by atoms with E-state index >= 15 is 0 Å². The Morgan fingerprint density at radius 3 is 1.95 bits per heavy atom. The smallest absolute Gasteiger partial charge is 0.471 e. The van der Waals surface area contributed by atoms with Crippen LogP contribution < -0.4 is 5.32 Å². The second kappa shape index (κ2) is 36.1. The van der Waals surface area contributed by atoms with Crippen molar-refractivity contribution in [3.8, 4) is 0 Å². The first-order valence-corrected chi connectivity index (χ1v) is 23.6. The Balaban J connectivity index is 3.04. The predicted octanol–water partition coefficient (Wildman–Crippen LogP) is 11.5. The summed E-state index contributed by atoms with van der Waals surface area (Å²) in [5.74, 6) is -0.160. The van der Waals surface area contributed by atoms with Crippen molar-refractivity contribution in [1.29, 1.82) is 0 Å². The van der Waals surface area contributed by atoms with Crippen molar-refractivity contribution in [1.82, 2.24) is 5.32 Å². The van der Waals surface area contributed by atoms with Crippen molar-refractivity contribution < 1.29 is 46.6 Å². The minimum Gasteiger partial charge on any atom is -0.471 e. The molecule has 332 valence electrons. The van der Waals surface area contributed by atoms with Crippen molar-refractivity contribution in [2.75, 3.05) is 40.6 Å². The molecule has 1 aliphatic rings. The maximum absolute atomic E-state index is 14.0. The van der Waals surface area contributed by atoms with Gasteiger partial charge in [0.15, 0.2) is 0 Å². The van der Waals surface area contributed by atoms with E-state index in [4.69, 9.17) is 37.3 Å². The van der Waals surface area contributed by atoms with Crippen LogP contribution in [0, 0.1) is 0 Å². The maximum atomic E-state index is 14.0. The molecule has 0 unspecified atom stereocenters. The molecule has 11 nitrogen and oxygen atoms in total. The van der Waals surface area contributed by atoms with Crippen LogP contribution in [0.15, 0.2) is 49.8 Å². The lowest BCUT2D eigenvalue weighted by molar-refractivity contribution is -0.262. The minimum absolute atomic E-state index is 0.0105. The molecule has 0 bridgehead atoms. The number of carbonyl (C=O) groups excluding carboxylic acids is 1. The van der Waals surface area contributed by atoms with E-state index in [2.05, 4.69) is 44.5 Å². The van der Waals surface area contributed by atoms with Gasteiger partial charge >= 0.3 is 7.82 Å². The topological polar surface area (TPSA) is 120 Å². The largest absolute Gasteiger partial charge is 0.475 e. The van der Waals surface area contributed by atoms with Crippen LogP contribution >= 0.6 is 7.82 Å². The molecule has 0 aromatic rings. The summed E-state index contributed by atoms with van der Waals surface area (Å²) in [4.78, 5) is 13.6. The van der Waals surface area contributed by atoms with Crippen molar-refractivity contribution in [3.63, 3.8) is 0 Å². The van der Waals surface area contributed by atoms with E-state index in [-0.39, 0.29) is 38.4 Å². The standard InChI is InChI=1S/C45H82NO10P/c1-8-13-15-17-18-19-20-21-22-23-24-25-26-28-30-32-41(47)46-42-44(51-37-33-39(50-7)31-29-27-16-14-9-2)43(40(38-49-6)55-45(42)52-34-10-3)56-57(48,53-35-11-4)54-36-12-5/h10-12,19-20,34,39-40,42-45H,4-5,8-9,13-18,21-33,35-38H2,1-3,6-7H3,(H,46,47)/t39-,40-,42-,43-,44-,45+/m1/s1. The zero-order valence-electron chi connectivity index (χ0n) is 36.5. The molecule has 0 saturated carbocycles. The molecule has 0 spiro atoms. The molecule has 1 fully saturated rings. The van der Waals surface area contributed by atoms with Crippen LogP contribution in [0.3, 0.4) is 0 Å². The average molecular weight is 828 g/mol. The highest BCUT2D eigenvalue weighted by atomic mass is 31.2. The molecule has 1 amide bonds. The van der Waals surface area contributed by atoms with Crippen molar-refractivity contribution in [3.05, 3.63) is 49.8 Å². The molecule has 1 heterocycles. The summed E-state index contributed by atoms with van der Waals surface area (Å²) in [6, 6.07) is -0.834. The molecular formula is C45H82NO10P. The van der Waals surface area contributed by atoms with Gasteiger partial charge in [-0.05, 0) is 51.9 Å². The number of phosphoric ester groups is 1. The van der Waals surface area contributed by atoms with Gasteiger partial charge in [0.2, 0.25) is 12.2 Å². The number of hydrogen-bond acceptors (Lipinski definition) is 10. The zero-order chi connectivity index (χ0) is 41.8. The molecule has 1 aliphatic heterocycles. The van der Waals surface area contributed by atoms with Crippen molar-refractivity contribution in [2.45, 2.75) is 192 Å². The summed E-state index contributed by atoms with van der Waals surface area (Å²) in [5, 5.41) is 3.14. The molecule has 0 aliphatic carbocycles. The third kappa shape index (κ3) is 25.4. The van der Waals surface area contributed by atoms with Crippen molar-refractivity contribution >= 4 is 13.7 Å². The number of carbonyl (C=O) groups is 1. The minimum atomic E-state index is -4.20. The fraction of sp³-hybridized carbons (Fsp3) is 0.800. The first-order chi connectivity index (χ1) is 27.8. The second-order valence-electron chi connectivity index (χ2n) is 14.9. The van der Waals surface area contributed by atoms with Gasteiger partial charge < -0.3 is 29.0 Å². The maximum Gasteiger partial charge on any atom is 0.475 e. The Labute approximate surface area is 347 Å². The van der Waals surface area contributed by atoms with Crippen molar-refractivity contribution in [2.24, 2.45) is 0 Å². The highest BCUT2D eigenvalue weighted by Gasteiger charge is 2.52. The number of amides is 1. The lowest BCUT2D eigenvalue weighted by Gasteiger charge is -2.46. The molecule has 0 aromatic heterocycles. The number of ether oxygens (including phenoxy) is 5. The van der Waals surface area contributed by atoms with E-state index in [1.807, 2.05) is 6.92 Å². The van der Waals surface area contributed by atoms with Crippen LogP contribution in [0.1, 0.15) is 156 Å². The highest BCUT2D eigenvalue weighted by molar-refractivity contribution is 7.48. The van der Waals surface area contributed by atoms with Crippen LogP contribution in [0.25, 0.3) is 0 Å². The molecule has 1 N–H and O–H groups in total. The van der Waals surface area contributed by atoms with Gasteiger partial charge in [0, 0.05) is 27.2 Å². The summed E-state index contributed by atoms with van der Waals surface area (Å²) in [7, 11) is -0.950. The average Bonchev–Trinajstić information content (AvgIpc) is 3.21. The third-order valence-electron chi connectivity index (χ3n) is 9.98. The fourth-order valence-corrected chi connectivity index (χ4v) is 8.12. The molecule has 1 rings (SSSR count). The molecule has 6 atom stereocenters. The van der Waals surface area contributed by atoms with E-state index in [0.717, 1.165) is 51.4 Å². The summed E-state index contributed by atoms with van der Waals surface area (Å²) < 4.78 is 61.8. The highest BCUT2D eigenvalue weighted by Crippen LogP contribution is 2.52. The number of allylic oxidation sites excluding steroid dienone is 3. The molecule has 0 radical (unpaired) electrons. The fourth-order valence-electron chi connectivity index (χ4n) is 6.79. The van der Waals surface area contributed by atoms with Gasteiger partial charge in [0.05, 0.1) is 32.2 Å². The van der Waals surface area contributed by atoms with Gasteiger partial charge in [-0.2, -0.15) is 0 Å². The second-order valence-corrected chi connectivity index (χ2v) is 16.5. The van der Waals surface area contributed by atoms with E-state index in [1.54, 1.807) is 13.2 Å². The zero-order valence-corrected chi connectivity index (χ0v) is 37.4. The lowest BCUT2D eigenvalue weighted by atomic mass is 9.96.